The van der Waals surface area contributed by atoms with Crippen LogP contribution in [0.25, 0.3) is 5.69 Å². The first kappa shape index (κ1) is 27.9. The number of hydrogen-bond acceptors (Lipinski definition) is 7. The second kappa shape index (κ2) is 11.6. The summed E-state index contributed by atoms with van der Waals surface area (Å²) in [5.74, 6) is -2.52. The lowest BCUT2D eigenvalue weighted by Gasteiger charge is -2.25. The highest BCUT2D eigenvalue weighted by Gasteiger charge is 2.42. The third kappa shape index (κ3) is 5.81. The maximum atomic E-state index is 13.5. The van der Waals surface area contributed by atoms with E-state index in [4.69, 9.17) is 4.74 Å². The van der Waals surface area contributed by atoms with Crippen LogP contribution >= 0.6 is 24.2 Å². The largest absolute Gasteiger partial charge is 0.469 e. The Morgan fingerprint density at radius 1 is 1.19 bits per heavy atom. The van der Waals surface area contributed by atoms with E-state index in [2.05, 4.69) is 20.8 Å². The lowest BCUT2D eigenvalue weighted by molar-refractivity contribution is -0.147. The van der Waals surface area contributed by atoms with Crippen LogP contribution in [0.4, 0.5) is 17.6 Å². The van der Waals surface area contributed by atoms with Crippen molar-refractivity contribution in [1.82, 2.24) is 25.5 Å². The Bertz CT molecular complexity index is 1190. The predicted molar refractivity (Wildman–Crippen MR) is 128 cm³/mol. The number of tetrazole rings is 1. The number of alkyl halides is 3. The van der Waals surface area contributed by atoms with E-state index in [1.165, 1.54) is 37.1 Å². The van der Waals surface area contributed by atoms with Crippen LogP contribution < -0.4 is 5.32 Å². The maximum Gasteiger partial charge on any atom is 0.453 e. The number of aromatic nitrogens is 4. The summed E-state index contributed by atoms with van der Waals surface area (Å²) in [6.45, 7) is 0.337. The number of rotatable bonds is 7. The zero-order chi connectivity index (χ0) is 25.2. The molecule has 0 amide bonds. The van der Waals surface area contributed by atoms with E-state index in [0.717, 1.165) is 16.0 Å². The Balaban J connectivity index is 0.00000361. The van der Waals surface area contributed by atoms with Gasteiger partial charge in [-0.25, -0.2) is 4.39 Å². The predicted octanol–water partition coefficient (Wildman–Crippen LogP) is 4.79. The van der Waals surface area contributed by atoms with Gasteiger partial charge in [0.2, 0.25) is 0 Å². The van der Waals surface area contributed by atoms with E-state index < -0.39 is 12.0 Å². The van der Waals surface area contributed by atoms with E-state index in [9.17, 15) is 22.4 Å². The Hall–Kier alpha value is -2.70. The minimum Gasteiger partial charge on any atom is -0.469 e. The van der Waals surface area contributed by atoms with Gasteiger partial charge in [0.05, 0.1) is 18.7 Å². The molecular formula is C23H24ClF4N5O2S. The van der Waals surface area contributed by atoms with Gasteiger partial charge in [0.25, 0.3) is 5.82 Å². The standard InChI is InChI=1S/C23H23F4N5O2S.ClH/c1-34-21(33)17-8-9-18(20(17)13-3-5-15(24)6-4-13)28-12-14-11-16(7-10-19(14)35-2)32-22(23(25,26)27)29-30-31-32;/h3-7,10-11,17-18,20,28H,8-9,12H2,1-2H3;1H/t17-,18-,20+;/m0./s1. The fraction of sp³-hybridized carbons (Fsp3) is 0.391. The van der Waals surface area contributed by atoms with E-state index in [0.29, 0.717) is 24.1 Å². The molecule has 0 unspecified atom stereocenters. The fourth-order valence-electron chi connectivity index (χ4n) is 4.61. The fourth-order valence-corrected chi connectivity index (χ4v) is 5.20. The molecule has 1 aromatic heterocycles. The number of carbonyl (C=O) groups excluding carboxylic acids is 1. The van der Waals surface area contributed by atoms with Crippen LogP contribution in [0.2, 0.25) is 0 Å². The van der Waals surface area contributed by atoms with Crippen molar-refractivity contribution < 1.29 is 27.1 Å². The lowest BCUT2D eigenvalue weighted by atomic mass is 9.86. The summed E-state index contributed by atoms with van der Waals surface area (Å²) in [6, 6.07) is 10.8. The van der Waals surface area contributed by atoms with Crippen LogP contribution in [-0.4, -0.2) is 45.6 Å². The summed E-state index contributed by atoms with van der Waals surface area (Å²) in [6.07, 6.45) is -1.54. The molecule has 3 aromatic rings. The highest BCUT2D eigenvalue weighted by Crippen LogP contribution is 2.41. The lowest BCUT2D eigenvalue weighted by Crippen LogP contribution is -2.34. The van der Waals surface area contributed by atoms with E-state index in [1.807, 2.05) is 6.26 Å². The molecule has 3 atom stereocenters. The molecule has 36 heavy (non-hydrogen) atoms. The topological polar surface area (TPSA) is 81.9 Å². The van der Waals surface area contributed by atoms with Gasteiger partial charge in [-0.05, 0) is 71.0 Å². The Kier molecular flexibility index (Phi) is 8.96. The maximum absolute atomic E-state index is 13.5. The second-order valence-electron chi connectivity index (χ2n) is 8.18. The molecule has 7 nitrogen and oxygen atoms in total. The van der Waals surface area contributed by atoms with Gasteiger partial charge in [0.15, 0.2) is 0 Å². The normalized spacial score (nSPS) is 19.7. The number of methoxy groups -OCH3 is 1. The van der Waals surface area contributed by atoms with E-state index in [-0.39, 0.29) is 47.8 Å². The third-order valence-electron chi connectivity index (χ3n) is 6.20. The van der Waals surface area contributed by atoms with Crippen LogP contribution in [0.3, 0.4) is 0 Å². The average molecular weight is 546 g/mol. The van der Waals surface area contributed by atoms with Gasteiger partial charge >= 0.3 is 12.1 Å². The number of ether oxygens (including phenoxy) is 1. The Morgan fingerprint density at radius 2 is 1.92 bits per heavy atom. The zero-order valence-electron chi connectivity index (χ0n) is 19.3. The minimum absolute atomic E-state index is 0. The van der Waals surface area contributed by atoms with Gasteiger partial charge in [0, 0.05) is 23.4 Å². The first-order valence-corrected chi connectivity index (χ1v) is 12.0. The molecule has 1 aliphatic carbocycles. The first-order chi connectivity index (χ1) is 16.7. The summed E-state index contributed by atoms with van der Waals surface area (Å²) < 4.78 is 59.0. The van der Waals surface area contributed by atoms with Crippen molar-refractivity contribution >= 4 is 30.1 Å². The summed E-state index contributed by atoms with van der Waals surface area (Å²) >= 11 is 1.46. The van der Waals surface area contributed by atoms with Crippen molar-refractivity contribution in [3.63, 3.8) is 0 Å². The van der Waals surface area contributed by atoms with Crippen LogP contribution in [0.15, 0.2) is 47.4 Å². The monoisotopic (exact) mass is 545 g/mol. The molecule has 2 aromatic carbocycles. The van der Waals surface area contributed by atoms with Crippen molar-refractivity contribution in [3.8, 4) is 5.69 Å². The molecule has 0 radical (unpaired) electrons. The molecule has 0 saturated heterocycles. The molecule has 0 spiro atoms. The smallest absolute Gasteiger partial charge is 0.453 e. The van der Waals surface area contributed by atoms with Crippen molar-refractivity contribution in [3.05, 3.63) is 65.2 Å². The highest BCUT2D eigenvalue weighted by atomic mass is 35.5. The average Bonchev–Trinajstić information content (AvgIpc) is 3.50. The van der Waals surface area contributed by atoms with Gasteiger partial charge < -0.3 is 10.1 Å². The zero-order valence-corrected chi connectivity index (χ0v) is 21.0. The van der Waals surface area contributed by atoms with Crippen LogP contribution in [-0.2, 0) is 22.3 Å². The molecule has 0 aliphatic heterocycles. The highest BCUT2D eigenvalue weighted by molar-refractivity contribution is 7.98. The Labute approximate surface area is 215 Å². The number of thioether (sulfide) groups is 1. The van der Waals surface area contributed by atoms with Crippen LogP contribution in [0, 0.1) is 11.7 Å². The first-order valence-electron chi connectivity index (χ1n) is 10.8. The summed E-state index contributed by atoms with van der Waals surface area (Å²) in [7, 11) is 1.34. The van der Waals surface area contributed by atoms with Crippen molar-refractivity contribution in [1.29, 1.82) is 0 Å². The molecule has 1 aliphatic rings. The number of carbonyl (C=O) groups is 1. The van der Waals surface area contributed by atoms with Crippen LogP contribution in [0.1, 0.15) is 35.7 Å². The van der Waals surface area contributed by atoms with Gasteiger partial charge in [-0.15, -0.1) is 29.3 Å². The van der Waals surface area contributed by atoms with Crippen LogP contribution in [0.5, 0.6) is 0 Å². The van der Waals surface area contributed by atoms with Gasteiger partial charge in [0.1, 0.15) is 5.82 Å². The van der Waals surface area contributed by atoms with Crippen molar-refractivity contribution in [2.45, 2.75) is 42.4 Å². The molecule has 1 heterocycles. The number of esters is 1. The van der Waals surface area contributed by atoms with Gasteiger partial charge in [-0.2, -0.15) is 17.9 Å². The number of halogens is 5. The molecule has 1 fully saturated rings. The molecule has 194 valence electrons. The molecule has 4 rings (SSSR count). The van der Waals surface area contributed by atoms with Crippen molar-refractivity contribution in [2.75, 3.05) is 13.4 Å². The molecule has 1 N–H and O–H groups in total. The summed E-state index contributed by atoms with van der Waals surface area (Å²) in [5, 5.41) is 13.3. The number of nitrogens with zero attached hydrogens (tertiary/aromatic N) is 4. The summed E-state index contributed by atoms with van der Waals surface area (Å²) in [4.78, 5) is 13.3. The second-order valence-corrected chi connectivity index (χ2v) is 9.03. The number of hydrogen-bond donors (Lipinski definition) is 1. The SMILES string of the molecule is COC(=O)[C@H]1CC[C@H](NCc2cc(-n3nnnc3C(F)(F)F)ccc2SC)[C@@H]1c1ccc(F)cc1.Cl. The van der Waals surface area contributed by atoms with Gasteiger partial charge in [-0.3, -0.25) is 4.79 Å². The molecule has 13 heteroatoms. The van der Waals surface area contributed by atoms with Crippen molar-refractivity contribution in [2.24, 2.45) is 5.92 Å². The molecule has 0 bridgehead atoms. The number of nitrogens with one attached hydrogen (secondary N) is 1. The Morgan fingerprint density at radius 3 is 2.56 bits per heavy atom. The molecular weight excluding hydrogens is 522 g/mol. The minimum atomic E-state index is -4.70. The quantitative estimate of drug-likeness (QED) is 0.260. The number of benzene rings is 2. The third-order valence-corrected chi connectivity index (χ3v) is 7.04. The molecule has 1 saturated carbocycles. The summed E-state index contributed by atoms with van der Waals surface area (Å²) in [5.41, 5.74) is 1.77. The van der Waals surface area contributed by atoms with E-state index in [1.54, 1.807) is 24.3 Å². The van der Waals surface area contributed by atoms with E-state index >= 15 is 0 Å². The van der Waals surface area contributed by atoms with Gasteiger partial charge in [-0.1, -0.05) is 12.1 Å².